The lowest BCUT2D eigenvalue weighted by atomic mass is 10.0. The average molecular weight is 420 g/mol. The molecule has 162 valence electrons. The van der Waals surface area contributed by atoms with Crippen molar-refractivity contribution >= 4 is 5.97 Å². The first kappa shape index (κ1) is 22.3. The van der Waals surface area contributed by atoms with E-state index in [1.807, 2.05) is 50.2 Å². The van der Waals surface area contributed by atoms with Crippen molar-refractivity contribution in [3.8, 4) is 22.8 Å². The van der Waals surface area contributed by atoms with Crippen LogP contribution in [0.5, 0.6) is 11.5 Å². The molecule has 3 rings (SSSR count). The van der Waals surface area contributed by atoms with Crippen LogP contribution in [0.15, 0.2) is 60.8 Å². The first-order valence-electron chi connectivity index (χ1n) is 10.6. The van der Waals surface area contributed by atoms with Crippen molar-refractivity contribution < 1.29 is 19.4 Å². The second kappa shape index (κ2) is 10.6. The first-order valence-corrected chi connectivity index (χ1v) is 10.6. The number of carboxylic acid groups (broad SMARTS) is 1. The molecule has 0 aliphatic rings. The van der Waals surface area contributed by atoms with Gasteiger partial charge in [-0.05, 0) is 67.3 Å². The van der Waals surface area contributed by atoms with Crippen LogP contribution < -0.4 is 9.47 Å². The zero-order valence-electron chi connectivity index (χ0n) is 18.3. The normalized spacial score (nSPS) is 11.7. The largest absolute Gasteiger partial charge is 0.493 e. The Labute approximate surface area is 183 Å². The molecule has 1 N–H and O–H groups in total. The maximum atomic E-state index is 10.9. The van der Waals surface area contributed by atoms with E-state index >= 15 is 0 Å². The summed E-state index contributed by atoms with van der Waals surface area (Å²) in [5.74, 6) is 0.747. The van der Waals surface area contributed by atoms with E-state index in [2.05, 4.69) is 24.0 Å². The molecule has 5 nitrogen and oxygen atoms in total. The third-order valence-corrected chi connectivity index (χ3v) is 5.10. The van der Waals surface area contributed by atoms with Gasteiger partial charge in [0.15, 0.2) is 0 Å². The van der Waals surface area contributed by atoms with Gasteiger partial charge in [-0.25, -0.2) is 0 Å². The molecule has 1 atom stereocenters. The van der Waals surface area contributed by atoms with Crippen molar-refractivity contribution in [3.63, 3.8) is 0 Å². The molecular weight excluding hydrogens is 390 g/mol. The number of ether oxygens (including phenoxy) is 2. The molecule has 0 amide bonds. The maximum Gasteiger partial charge on any atom is 0.307 e. The molecule has 0 aliphatic carbocycles. The molecule has 0 saturated heterocycles. The average Bonchev–Trinajstić information content (AvgIpc) is 2.76. The number of aryl methyl sites for hydroxylation is 2. The van der Waals surface area contributed by atoms with Crippen LogP contribution in [-0.4, -0.2) is 28.8 Å². The van der Waals surface area contributed by atoms with Gasteiger partial charge in [0.2, 0.25) is 0 Å². The standard InChI is InChI=1S/C26H29NO4/c1-4-20-8-11-25(22(16-20)23-7-5-6-13-27-23)31-19(3)12-14-30-24-10-9-21(15-18(24)2)17-26(28)29/h5-11,13,15-16,19H,4,12,14,17H2,1-3H3,(H,28,29)/t19-/m1/s1. The fourth-order valence-corrected chi connectivity index (χ4v) is 3.39. The lowest BCUT2D eigenvalue weighted by Gasteiger charge is -2.19. The number of carbonyl (C=O) groups is 1. The van der Waals surface area contributed by atoms with Gasteiger partial charge >= 0.3 is 5.97 Å². The molecule has 1 heterocycles. The summed E-state index contributed by atoms with van der Waals surface area (Å²) in [7, 11) is 0. The van der Waals surface area contributed by atoms with Gasteiger partial charge in [-0.2, -0.15) is 0 Å². The number of aromatic nitrogens is 1. The summed E-state index contributed by atoms with van der Waals surface area (Å²) in [6.07, 6.45) is 3.43. The predicted molar refractivity (Wildman–Crippen MR) is 122 cm³/mol. The fourth-order valence-electron chi connectivity index (χ4n) is 3.39. The molecule has 5 heteroatoms. The first-order chi connectivity index (χ1) is 15.0. The molecule has 0 unspecified atom stereocenters. The van der Waals surface area contributed by atoms with Crippen molar-refractivity contribution in [1.29, 1.82) is 0 Å². The number of aliphatic carboxylic acids is 1. The van der Waals surface area contributed by atoms with E-state index in [1.54, 1.807) is 12.3 Å². The predicted octanol–water partition coefficient (Wildman–Crippen LogP) is 5.48. The second-order valence-electron chi connectivity index (χ2n) is 7.64. The molecule has 31 heavy (non-hydrogen) atoms. The van der Waals surface area contributed by atoms with Crippen LogP contribution in [0.1, 0.15) is 37.0 Å². The zero-order chi connectivity index (χ0) is 22.2. The Hall–Kier alpha value is -3.34. The molecule has 0 bridgehead atoms. The molecule has 0 aliphatic heterocycles. The molecule has 0 radical (unpaired) electrons. The van der Waals surface area contributed by atoms with E-state index in [0.29, 0.717) is 13.0 Å². The Morgan fingerprint density at radius 3 is 2.52 bits per heavy atom. The van der Waals surface area contributed by atoms with Crippen LogP contribution in [0.25, 0.3) is 11.3 Å². The summed E-state index contributed by atoms with van der Waals surface area (Å²) in [5.41, 5.74) is 4.84. The Morgan fingerprint density at radius 1 is 1.06 bits per heavy atom. The van der Waals surface area contributed by atoms with Crippen molar-refractivity contribution in [3.05, 3.63) is 77.5 Å². The topological polar surface area (TPSA) is 68.7 Å². The van der Waals surface area contributed by atoms with E-state index in [1.165, 1.54) is 5.56 Å². The molecular formula is C26H29NO4. The van der Waals surface area contributed by atoms with Gasteiger partial charge in [0.1, 0.15) is 11.5 Å². The number of rotatable bonds is 10. The van der Waals surface area contributed by atoms with Crippen molar-refractivity contribution in [2.24, 2.45) is 0 Å². The number of hydrogen-bond donors (Lipinski definition) is 1. The van der Waals surface area contributed by atoms with Gasteiger partial charge in [0.05, 0.1) is 24.8 Å². The minimum atomic E-state index is -0.837. The third-order valence-electron chi connectivity index (χ3n) is 5.10. The molecule has 0 saturated carbocycles. The Balaban J connectivity index is 1.61. The van der Waals surface area contributed by atoms with Gasteiger partial charge in [0, 0.05) is 18.2 Å². The zero-order valence-corrected chi connectivity index (χ0v) is 18.3. The minimum Gasteiger partial charge on any atom is -0.493 e. The summed E-state index contributed by atoms with van der Waals surface area (Å²) < 4.78 is 12.2. The number of benzene rings is 2. The summed E-state index contributed by atoms with van der Waals surface area (Å²) in [6.45, 7) is 6.59. The summed E-state index contributed by atoms with van der Waals surface area (Å²) >= 11 is 0. The van der Waals surface area contributed by atoms with Crippen LogP contribution in [0.2, 0.25) is 0 Å². The maximum absolute atomic E-state index is 10.9. The van der Waals surface area contributed by atoms with E-state index in [4.69, 9.17) is 14.6 Å². The monoisotopic (exact) mass is 419 g/mol. The summed E-state index contributed by atoms with van der Waals surface area (Å²) in [6, 6.07) is 17.6. The number of carboxylic acids is 1. The summed E-state index contributed by atoms with van der Waals surface area (Å²) in [4.78, 5) is 15.4. The smallest absolute Gasteiger partial charge is 0.307 e. The Bertz CT molecular complexity index is 1020. The number of pyridine rings is 1. The molecule has 0 fully saturated rings. The highest BCUT2D eigenvalue weighted by atomic mass is 16.5. The van der Waals surface area contributed by atoms with Gasteiger partial charge in [0.25, 0.3) is 0 Å². The van der Waals surface area contributed by atoms with Gasteiger partial charge in [-0.3, -0.25) is 9.78 Å². The molecule has 2 aromatic carbocycles. The van der Waals surface area contributed by atoms with Crippen LogP contribution in [-0.2, 0) is 17.6 Å². The van der Waals surface area contributed by atoms with Gasteiger partial charge in [-0.1, -0.05) is 31.2 Å². The van der Waals surface area contributed by atoms with Gasteiger partial charge < -0.3 is 14.6 Å². The van der Waals surface area contributed by atoms with Gasteiger partial charge in [-0.15, -0.1) is 0 Å². The third kappa shape index (κ3) is 6.32. The van der Waals surface area contributed by atoms with Crippen molar-refractivity contribution in [2.75, 3.05) is 6.61 Å². The minimum absolute atomic E-state index is 0.0153. The molecule has 1 aromatic heterocycles. The molecule has 0 spiro atoms. The van der Waals surface area contributed by atoms with E-state index in [9.17, 15) is 4.79 Å². The van der Waals surface area contributed by atoms with Crippen LogP contribution in [0.4, 0.5) is 0 Å². The number of hydrogen-bond acceptors (Lipinski definition) is 4. The highest BCUT2D eigenvalue weighted by Crippen LogP contribution is 2.31. The van der Waals surface area contributed by atoms with E-state index < -0.39 is 5.97 Å². The van der Waals surface area contributed by atoms with E-state index in [0.717, 1.165) is 40.3 Å². The van der Waals surface area contributed by atoms with Crippen molar-refractivity contribution in [2.45, 2.75) is 46.1 Å². The number of nitrogens with zero attached hydrogens (tertiary/aromatic N) is 1. The molecule has 3 aromatic rings. The Kier molecular flexibility index (Phi) is 7.65. The fraction of sp³-hybridized carbons (Fsp3) is 0.308. The van der Waals surface area contributed by atoms with Crippen LogP contribution in [0, 0.1) is 6.92 Å². The Morgan fingerprint density at radius 2 is 1.84 bits per heavy atom. The SMILES string of the molecule is CCc1ccc(O[C@H](C)CCOc2ccc(CC(=O)O)cc2C)c(-c2ccccn2)c1. The summed E-state index contributed by atoms with van der Waals surface area (Å²) in [5, 5.41) is 8.92. The second-order valence-corrected chi connectivity index (χ2v) is 7.64. The van der Waals surface area contributed by atoms with E-state index in [-0.39, 0.29) is 12.5 Å². The van der Waals surface area contributed by atoms with Crippen LogP contribution in [0.3, 0.4) is 0 Å². The lowest BCUT2D eigenvalue weighted by Crippen LogP contribution is -2.16. The highest BCUT2D eigenvalue weighted by Gasteiger charge is 2.13. The highest BCUT2D eigenvalue weighted by molar-refractivity contribution is 5.70. The quantitative estimate of drug-likeness (QED) is 0.471. The van der Waals surface area contributed by atoms with Crippen molar-refractivity contribution in [1.82, 2.24) is 4.98 Å². The lowest BCUT2D eigenvalue weighted by molar-refractivity contribution is -0.136. The van der Waals surface area contributed by atoms with Crippen LogP contribution >= 0.6 is 0 Å².